The summed E-state index contributed by atoms with van der Waals surface area (Å²) in [5.74, 6) is 0.365. The quantitative estimate of drug-likeness (QED) is 0.642. The van der Waals surface area contributed by atoms with E-state index < -0.39 is 10.0 Å². The smallest absolute Gasteiger partial charge is 0.207 e. The van der Waals surface area contributed by atoms with Crippen molar-refractivity contribution in [1.29, 1.82) is 0 Å². The van der Waals surface area contributed by atoms with Gasteiger partial charge in [-0.2, -0.15) is 4.31 Å². The van der Waals surface area contributed by atoms with Gasteiger partial charge in [-0.25, -0.2) is 8.42 Å². The summed E-state index contributed by atoms with van der Waals surface area (Å²) in [5, 5.41) is 1.69. The fourth-order valence-electron chi connectivity index (χ4n) is 1.74. The predicted molar refractivity (Wildman–Crippen MR) is 82.5 cm³/mol. The van der Waals surface area contributed by atoms with E-state index in [1.54, 1.807) is 15.8 Å². The van der Waals surface area contributed by atoms with Crippen LogP contribution in [-0.4, -0.2) is 25.8 Å². The van der Waals surface area contributed by atoms with Gasteiger partial charge in [0.25, 0.3) is 0 Å². The molecule has 0 radical (unpaired) electrons. The predicted octanol–water partition coefficient (Wildman–Crippen LogP) is 4.08. The van der Waals surface area contributed by atoms with Gasteiger partial charge < -0.3 is 0 Å². The summed E-state index contributed by atoms with van der Waals surface area (Å²) in [6, 6.07) is 1.69. The highest BCUT2D eigenvalue weighted by Crippen LogP contribution is 2.24. The van der Waals surface area contributed by atoms with Gasteiger partial charge >= 0.3 is 0 Å². The third kappa shape index (κ3) is 4.74. The zero-order valence-electron chi connectivity index (χ0n) is 11.6. The number of thiophene rings is 1. The molecule has 0 bridgehead atoms. The van der Waals surface area contributed by atoms with Crippen molar-refractivity contribution in [3.05, 3.63) is 16.3 Å². The summed E-state index contributed by atoms with van der Waals surface area (Å²) in [6.45, 7) is 5.34. The van der Waals surface area contributed by atoms with Gasteiger partial charge in [-0.1, -0.05) is 26.7 Å². The summed E-state index contributed by atoms with van der Waals surface area (Å²) in [4.78, 5) is 1.28. The molecule has 1 heterocycles. The van der Waals surface area contributed by atoms with Crippen molar-refractivity contribution in [3.8, 4) is 0 Å². The van der Waals surface area contributed by atoms with Gasteiger partial charge in [0.1, 0.15) is 0 Å². The van der Waals surface area contributed by atoms with Gasteiger partial charge in [0.2, 0.25) is 10.0 Å². The third-order valence-electron chi connectivity index (χ3n) is 2.92. The number of halogens is 1. The molecule has 0 atom stereocenters. The van der Waals surface area contributed by atoms with Crippen molar-refractivity contribution in [1.82, 2.24) is 4.31 Å². The lowest BCUT2D eigenvalue weighted by atomic mass is 10.3. The number of hydrogen-bond donors (Lipinski definition) is 0. The SMILES string of the molecule is CCCCN(CCCC)S(=O)(=O)c1csc(CCl)c1. The molecule has 0 amide bonds. The van der Waals surface area contributed by atoms with Crippen LogP contribution in [0.5, 0.6) is 0 Å². The maximum Gasteiger partial charge on any atom is 0.243 e. The van der Waals surface area contributed by atoms with Crippen LogP contribution < -0.4 is 0 Å². The molecular formula is C13H22ClNO2S2. The first-order valence-corrected chi connectivity index (χ1v) is 9.55. The fraction of sp³-hybridized carbons (Fsp3) is 0.692. The van der Waals surface area contributed by atoms with Gasteiger partial charge in [-0.15, -0.1) is 22.9 Å². The molecule has 19 heavy (non-hydrogen) atoms. The Morgan fingerprint density at radius 2 is 1.79 bits per heavy atom. The zero-order chi connectivity index (χ0) is 14.3. The highest BCUT2D eigenvalue weighted by Gasteiger charge is 2.24. The second kappa shape index (κ2) is 8.25. The number of unbranched alkanes of at least 4 members (excludes halogenated alkanes) is 2. The molecule has 110 valence electrons. The minimum absolute atomic E-state index is 0.365. The summed E-state index contributed by atoms with van der Waals surface area (Å²) >= 11 is 7.14. The highest BCUT2D eigenvalue weighted by atomic mass is 35.5. The second-order valence-corrected chi connectivity index (χ2v) is 7.69. The molecule has 0 aromatic carbocycles. The van der Waals surface area contributed by atoms with Crippen LogP contribution in [0.25, 0.3) is 0 Å². The number of alkyl halides is 1. The van der Waals surface area contributed by atoms with Crippen LogP contribution in [0.1, 0.15) is 44.4 Å². The van der Waals surface area contributed by atoms with Crippen molar-refractivity contribution >= 4 is 33.0 Å². The van der Waals surface area contributed by atoms with Crippen molar-refractivity contribution in [2.45, 2.75) is 50.3 Å². The molecule has 1 aromatic rings. The Kier molecular flexibility index (Phi) is 7.36. The van der Waals surface area contributed by atoms with Crippen molar-refractivity contribution in [2.24, 2.45) is 0 Å². The zero-order valence-corrected chi connectivity index (χ0v) is 14.0. The summed E-state index contributed by atoms with van der Waals surface area (Å²) in [7, 11) is -3.35. The van der Waals surface area contributed by atoms with E-state index in [1.165, 1.54) is 11.3 Å². The lowest BCUT2D eigenvalue weighted by Crippen LogP contribution is -2.32. The van der Waals surface area contributed by atoms with E-state index in [0.29, 0.717) is 23.9 Å². The highest BCUT2D eigenvalue weighted by molar-refractivity contribution is 7.89. The lowest BCUT2D eigenvalue weighted by Gasteiger charge is -2.21. The molecule has 0 aliphatic rings. The van der Waals surface area contributed by atoms with E-state index in [2.05, 4.69) is 13.8 Å². The molecule has 0 aliphatic heterocycles. The van der Waals surface area contributed by atoms with Crippen molar-refractivity contribution in [2.75, 3.05) is 13.1 Å². The van der Waals surface area contributed by atoms with E-state index in [-0.39, 0.29) is 0 Å². The monoisotopic (exact) mass is 323 g/mol. The molecule has 1 aromatic heterocycles. The lowest BCUT2D eigenvalue weighted by molar-refractivity contribution is 0.395. The Morgan fingerprint density at radius 3 is 2.21 bits per heavy atom. The number of nitrogens with zero attached hydrogens (tertiary/aromatic N) is 1. The summed E-state index contributed by atoms with van der Waals surface area (Å²) < 4.78 is 26.7. The van der Waals surface area contributed by atoms with E-state index in [9.17, 15) is 8.42 Å². The minimum atomic E-state index is -3.35. The molecule has 3 nitrogen and oxygen atoms in total. The molecule has 6 heteroatoms. The molecule has 1 rings (SSSR count). The summed E-state index contributed by atoms with van der Waals surface area (Å²) in [5.41, 5.74) is 0. The van der Waals surface area contributed by atoms with Gasteiger partial charge in [0, 0.05) is 23.3 Å². The second-order valence-electron chi connectivity index (χ2n) is 4.49. The van der Waals surface area contributed by atoms with Gasteiger partial charge in [0.05, 0.1) is 10.8 Å². The fourth-order valence-corrected chi connectivity index (χ4v) is 4.63. The Labute approximate surface area is 125 Å². The Morgan fingerprint density at radius 1 is 1.21 bits per heavy atom. The number of hydrogen-bond acceptors (Lipinski definition) is 3. The normalized spacial score (nSPS) is 12.2. The van der Waals surface area contributed by atoms with Crippen LogP contribution in [0.15, 0.2) is 16.3 Å². The first kappa shape index (κ1) is 17.0. The Balaban J connectivity index is 2.90. The summed E-state index contributed by atoms with van der Waals surface area (Å²) in [6.07, 6.45) is 3.79. The maximum absolute atomic E-state index is 12.6. The van der Waals surface area contributed by atoms with E-state index >= 15 is 0 Å². The number of rotatable bonds is 9. The van der Waals surface area contributed by atoms with Gasteiger partial charge in [-0.05, 0) is 18.9 Å². The van der Waals surface area contributed by atoms with Crippen LogP contribution in [0.4, 0.5) is 0 Å². The molecule has 0 unspecified atom stereocenters. The average molecular weight is 324 g/mol. The van der Waals surface area contributed by atoms with Gasteiger partial charge in [0.15, 0.2) is 0 Å². The number of sulfonamides is 1. The van der Waals surface area contributed by atoms with E-state index in [0.717, 1.165) is 30.6 Å². The molecule has 0 aliphatic carbocycles. The first-order chi connectivity index (χ1) is 9.06. The topological polar surface area (TPSA) is 37.4 Å². The average Bonchev–Trinajstić information content (AvgIpc) is 2.88. The molecule has 0 N–H and O–H groups in total. The molecule has 0 spiro atoms. The van der Waals surface area contributed by atoms with Crippen LogP contribution >= 0.6 is 22.9 Å². The largest absolute Gasteiger partial charge is 0.243 e. The van der Waals surface area contributed by atoms with E-state index in [1.807, 2.05) is 0 Å². The molecule has 0 saturated heterocycles. The minimum Gasteiger partial charge on any atom is -0.207 e. The van der Waals surface area contributed by atoms with Gasteiger partial charge in [-0.3, -0.25) is 0 Å². The van der Waals surface area contributed by atoms with Crippen LogP contribution in [0.2, 0.25) is 0 Å². The van der Waals surface area contributed by atoms with Crippen LogP contribution in [0, 0.1) is 0 Å². The third-order valence-corrected chi connectivity index (χ3v) is 6.33. The Hall–Kier alpha value is -0.100. The van der Waals surface area contributed by atoms with Crippen molar-refractivity contribution in [3.63, 3.8) is 0 Å². The standard InChI is InChI=1S/C13H22ClNO2S2/c1-3-5-7-15(8-6-4-2)19(16,17)13-9-12(10-14)18-11-13/h9,11H,3-8,10H2,1-2H3. The first-order valence-electron chi connectivity index (χ1n) is 6.69. The molecule has 0 fully saturated rings. The molecular weight excluding hydrogens is 302 g/mol. The van der Waals surface area contributed by atoms with Crippen molar-refractivity contribution < 1.29 is 8.42 Å². The Bertz CT molecular complexity index is 463. The maximum atomic E-state index is 12.6. The van der Waals surface area contributed by atoms with Crippen LogP contribution in [-0.2, 0) is 15.9 Å². The van der Waals surface area contributed by atoms with Crippen LogP contribution in [0.3, 0.4) is 0 Å². The molecule has 0 saturated carbocycles. The van der Waals surface area contributed by atoms with E-state index in [4.69, 9.17) is 11.6 Å².